The molecule has 0 unspecified atom stereocenters. The van der Waals surface area contributed by atoms with Gasteiger partial charge in [-0.2, -0.15) is 0 Å². The van der Waals surface area contributed by atoms with Crippen LogP contribution < -0.4 is 15.1 Å². The molecule has 2 saturated heterocycles. The maximum absolute atomic E-state index is 5.61. The first-order chi connectivity index (χ1) is 13.3. The number of para-hydroxylation sites is 1. The third kappa shape index (κ3) is 5.14. The Hall–Kier alpha value is -1.32. The first-order valence-corrected chi connectivity index (χ1v) is 11.1. The van der Waals surface area contributed by atoms with Crippen molar-refractivity contribution < 1.29 is 14.5 Å². The van der Waals surface area contributed by atoms with Gasteiger partial charge in [0.1, 0.15) is 24.6 Å². The largest absolute Gasteiger partial charge is 0.370 e. The van der Waals surface area contributed by atoms with Gasteiger partial charge in [-0.3, -0.25) is 0 Å². The smallest absolute Gasteiger partial charge is 0.169 e. The number of quaternary nitrogens is 2. The molecule has 0 radical (unpaired) electrons. The molecule has 1 aromatic heterocycles. The van der Waals surface area contributed by atoms with Gasteiger partial charge in [-0.15, -0.1) is 11.3 Å². The Labute approximate surface area is 170 Å². The van der Waals surface area contributed by atoms with Crippen molar-refractivity contribution in [2.45, 2.75) is 6.54 Å². The van der Waals surface area contributed by atoms with Crippen LogP contribution in [0.15, 0.2) is 24.3 Å². The molecule has 0 amide bonds. The zero-order valence-corrected chi connectivity index (χ0v) is 17.3. The summed E-state index contributed by atoms with van der Waals surface area (Å²) in [7, 11) is 0. The number of aromatic nitrogens is 1. The molecule has 6 nitrogen and oxygen atoms in total. The Kier molecular flexibility index (Phi) is 6.51. The van der Waals surface area contributed by atoms with Gasteiger partial charge in [0, 0.05) is 0 Å². The molecule has 2 fully saturated rings. The minimum Gasteiger partial charge on any atom is -0.370 e. The van der Waals surface area contributed by atoms with Crippen LogP contribution in [0.25, 0.3) is 10.2 Å². The van der Waals surface area contributed by atoms with Gasteiger partial charge in [-0.25, -0.2) is 4.98 Å². The lowest BCUT2D eigenvalue weighted by Crippen LogP contribution is -3.14. The molecule has 0 bridgehead atoms. The highest BCUT2D eigenvalue weighted by Gasteiger charge is 2.23. The summed E-state index contributed by atoms with van der Waals surface area (Å²) < 4.78 is 6.70. The van der Waals surface area contributed by atoms with Crippen LogP contribution in [0.4, 0.5) is 0 Å². The van der Waals surface area contributed by atoms with Crippen molar-refractivity contribution in [2.75, 3.05) is 65.6 Å². The second kappa shape index (κ2) is 9.25. The summed E-state index contributed by atoms with van der Waals surface area (Å²) >= 11 is 7.44. The summed E-state index contributed by atoms with van der Waals surface area (Å²) in [6.45, 7) is 11.4. The number of nitrogens with one attached hydrogen (secondary N) is 3. The van der Waals surface area contributed by atoms with Gasteiger partial charge in [0.05, 0.1) is 62.7 Å². The summed E-state index contributed by atoms with van der Waals surface area (Å²) in [4.78, 5) is 10.3. The van der Waals surface area contributed by atoms with Crippen LogP contribution in [0, 0.1) is 0 Å². The number of fused-ring (bicyclic) bond motifs is 1. The van der Waals surface area contributed by atoms with Gasteiger partial charge in [-0.05, 0) is 24.4 Å². The normalized spacial score (nSPS) is 19.5. The van der Waals surface area contributed by atoms with E-state index in [1.807, 2.05) is 11.3 Å². The minimum atomic E-state index is 0.888. The molecule has 2 aromatic rings. The molecular weight excluding hydrogens is 378 g/mol. The van der Waals surface area contributed by atoms with Gasteiger partial charge < -0.3 is 24.8 Å². The topological polar surface area (TPSA) is 46.3 Å². The number of piperazine rings is 1. The fourth-order valence-corrected chi connectivity index (χ4v) is 5.10. The first-order valence-electron chi connectivity index (χ1n) is 9.90. The van der Waals surface area contributed by atoms with Crippen molar-refractivity contribution in [3.63, 3.8) is 0 Å². The fraction of sp³-hybridized carbons (Fsp3) is 0.579. The maximum atomic E-state index is 5.61. The van der Waals surface area contributed by atoms with Gasteiger partial charge in [0.15, 0.2) is 5.11 Å². The average molecular weight is 408 g/mol. The van der Waals surface area contributed by atoms with E-state index in [9.17, 15) is 0 Å². The molecule has 0 spiro atoms. The van der Waals surface area contributed by atoms with Gasteiger partial charge in [0.25, 0.3) is 0 Å². The number of hydrogen-bond acceptors (Lipinski definition) is 4. The zero-order valence-electron chi connectivity index (χ0n) is 15.7. The predicted molar refractivity (Wildman–Crippen MR) is 113 cm³/mol. The lowest BCUT2D eigenvalue weighted by atomic mass is 10.3. The van der Waals surface area contributed by atoms with Crippen LogP contribution in [0.5, 0.6) is 0 Å². The number of nitrogens with zero attached hydrogens (tertiary/aromatic N) is 2. The van der Waals surface area contributed by atoms with Crippen LogP contribution in [0.2, 0.25) is 0 Å². The molecule has 0 saturated carbocycles. The van der Waals surface area contributed by atoms with Crippen molar-refractivity contribution in [1.82, 2.24) is 15.2 Å². The van der Waals surface area contributed by atoms with E-state index in [1.165, 1.54) is 9.71 Å². The number of thiazole rings is 1. The van der Waals surface area contributed by atoms with Crippen molar-refractivity contribution in [3.05, 3.63) is 29.3 Å². The van der Waals surface area contributed by atoms with E-state index in [1.54, 1.807) is 9.80 Å². The molecule has 3 N–H and O–H groups in total. The third-order valence-corrected chi connectivity index (χ3v) is 6.89. The number of thiocarbonyl (C=S) groups is 1. The Morgan fingerprint density at radius 3 is 2.70 bits per heavy atom. The predicted octanol–water partition coefficient (Wildman–Crippen LogP) is -1.21. The Morgan fingerprint density at radius 1 is 1.15 bits per heavy atom. The standard InChI is InChI=1S/C19H27N5OS2/c26-19(20-5-6-22-11-13-25-14-12-22)24-9-7-23(8-10-24)15-18-21-16-3-1-2-4-17(16)27-18/h1-4H,5-15H2,(H,20,26)/p+2. The first kappa shape index (κ1) is 19.0. The Balaban J connectivity index is 1.18. The summed E-state index contributed by atoms with van der Waals surface area (Å²) in [5, 5.41) is 5.62. The van der Waals surface area contributed by atoms with E-state index in [0.29, 0.717) is 0 Å². The molecule has 2 aliphatic rings. The van der Waals surface area contributed by atoms with Crippen molar-refractivity contribution >= 4 is 38.9 Å². The molecule has 1 aromatic carbocycles. The van der Waals surface area contributed by atoms with Crippen LogP contribution in [-0.4, -0.2) is 80.6 Å². The molecule has 146 valence electrons. The number of benzene rings is 1. The molecule has 8 heteroatoms. The number of ether oxygens (including phenoxy) is 1. The minimum absolute atomic E-state index is 0.888. The highest BCUT2D eigenvalue weighted by molar-refractivity contribution is 7.80. The lowest BCUT2D eigenvalue weighted by molar-refractivity contribution is -0.917. The second-order valence-corrected chi connectivity index (χ2v) is 8.84. The van der Waals surface area contributed by atoms with E-state index in [-0.39, 0.29) is 0 Å². The molecular formula is C19H29N5OS2+2. The zero-order chi connectivity index (χ0) is 18.5. The average Bonchev–Trinajstić information content (AvgIpc) is 3.11. The van der Waals surface area contributed by atoms with Crippen molar-refractivity contribution in [1.29, 1.82) is 0 Å². The van der Waals surface area contributed by atoms with Gasteiger partial charge in [0.2, 0.25) is 0 Å². The van der Waals surface area contributed by atoms with Crippen LogP contribution in [0.3, 0.4) is 0 Å². The van der Waals surface area contributed by atoms with Crippen molar-refractivity contribution in [3.8, 4) is 0 Å². The number of morpholine rings is 1. The second-order valence-electron chi connectivity index (χ2n) is 7.33. The highest BCUT2D eigenvalue weighted by Crippen LogP contribution is 2.20. The summed E-state index contributed by atoms with van der Waals surface area (Å²) in [5.74, 6) is 0. The maximum Gasteiger partial charge on any atom is 0.169 e. The van der Waals surface area contributed by atoms with E-state index in [4.69, 9.17) is 21.9 Å². The Bertz CT molecular complexity index is 720. The quantitative estimate of drug-likeness (QED) is 0.543. The van der Waals surface area contributed by atoms with E-state index < -0.39 is 0 Å². The SMILES string of the molecule is S=C(NCC[NH+]1CCOCC1)N1CC[NH+](Cc2nc3ccccc3s2)CC1. The van der Waals surface area contributed by atoms with Gasteiger partial charge in [-0.1, -0.05) is 12.1 Å². The molecule has 4 rings (SSSR count). The molecule has 3 heterocycles. The third-order valence-electron chi connectivity index (χ3n) is 5.45. The lowest BCUT2D eigenvalue weighted by Gasteiger charge is -2.33. The number of hydrogen-bond donors (Lipinski definition) is 3. The molecule has 27 heavy (non-hydrogen) atoms. The monoisotopic (exact) mass is 407 g/mol. The number of rotatable bonds is 5. The van der Waals surface area contributed by atoms with Crippen LogP contribution >= 0.6 is 23.6 Å². The van der Waals surface area contributed by atoms with Gasteiger partial charge >= 0.3 is 0 Å². The van der Waals surface area contributed by atoms with Crippen LogP contribution in [0.1, 0.15) is 5.01 Å². The van der Waals surface area contributed by atoms with Crippen LogP contribution in [-0.2, 0) is 11.3 Å². The molecule has 0 atom stereocenters. The molecule has 0 aliphatic carbocycles. The summed E-state index contributed by atoms with van der Waals surface area (Å²) in [6, 6.07) is 8.41. The van der Waals surface area contributed by atoms with Crippen molar-refractivity contribution in [2.24, 2.45) is 0 Å². The highest BCUT2D eigenvalue weighted by atomic mass is 32.1. The summed E-state index contributed by atoms with van der Waals surface area (Å²) in [6.07, 6.45) is 0. The Morgan fingerprint density at radius 2 is 1.93 bits per heavy atom. The summed E-state index contributed by atoms with van der Waals surface area (Å²) in [5.41, 5.74) is 1.13. The van der Waals surface area contributed by atoms with E-state index in [2.05, 4.69) is 34.5 Å². The van der Waals surface area contributed by atoms with E-state index in [0.717, 1.165) is 82.7 Å². The molecule has 2 aliphatic heterocycles. The van der Waals surface area contributed by atoms with E-state index >= 15 is 0 Å². The fourth-order valence-electron chi connectivity index (χ4n) is 3.78.